The first-order chi connectivity index (χ1) is 12.9. The fourth-order valence-corrected chi connectivity index (χ4v) is 6.91. The second kappa shape index (κ2) is 7.48. The van der Waals surface area contributed by atoms with Gasteiger partial charge in [0, 0.05) is 24.3 Å². The smallest absolute Gasteiger partial charge is 0.0966 e. The Morgan fingerprint density at radius 3 is 2.41 bits per heavy atom. The van der Waals surface area contributed by atoms with Crippen molar-refractivity contribution in [3.05, 3.63) is 30.3 Å². The molecule has 0 saturated heterocycles. The summed E-state index contributed by atoms with van der Waals surface area (Å²) in [6.45, 7) is 8.27. The van der Waals surface area contributed by atoms with Crippen LogP contribution in [0.25, 0.3) is 0 Å². The summed E-state index contributed by atoms with van der Waals surface area (Å²) >= 11 is 6.03. The highest BCUT2D eigenvalue weighted by atomic mass is 32.1. The molecule has 0 aliphatic heterocycles. The number of benzene rings is 1. The fourth-order valence-electron chi connectivity index (χ4n) is 6.57. The molecule has 0 amide bonds. The summed E-state index contributed by atoms with van der Waals surface area (Å²) in [6, 6.07) is 12.0. The minimum atomic E-state index is 0.380. The van der Waals surface area contributed by atoms with Crippen LogP contribution in [0.4, 0.5) is 5.69 Å². The topological polar surface area (TPSA) is 15.3 Å². The zero-order chi connectivity index (χ0) is 19.1. The highest BCUT2D eigenvalue weighted by Crippen LogP contribution is 2.62. The molecule has 4 rings (SSSR count). The highest BCUT2D eigenvalue weighted by molar-refractivity contribution is 7.80. The van der Waals surface area contributed by atoms with Gasteiger partial charge in [0.05, 0.1) is 4.99 Å². The molecule has 0 radical (unpaired) electrons. The van der Waals surface area contributed by atoms with E-state index in [1.165, 1.54) is 57.1 Å². The summed E-state index contributed by atoms with van der Waals surface area (Å²) in [5, 5.41) is 3.95. The van der Waals surface area contributed by atoms with Gasteiger partial charge in [0.15, 0.2) is 0 Å². The van der Waals surface area contributed by atoms with Crippen molar-refractivity contribution in [2.75, 3.05) is 11.4 Å². The molecule has 0 unspecified atom stereocenters. The Kier molecular flexibility index (Phi) is 5.37. The molecule has 27 heavy (non-hydrogen) atoms. The van der Waals surface area contributed by atoms with Crippen LogP contribution in [0, 0.1) is 16.7 Å². The number of nitrogens with zero attached hydrogens (tertiary/aromatic N) is 1. The molecule has 3 heteroatoms. The molecule has 3 saturated carbocycles. The normalized spacial score (nSPS) is 32.6. The third kappa shape index (κ3) is 3.58. The van der Waals surface area contributed by atoms with Crippen molar-refractivity contribution in [1.29, 1.82) is 0 Å². The predicted molar refractivity (Wildman–Crippen MR) is 119 cm³/mol. The lowest BCUT2D eigenvalue weighted by atomic mass is 9.68. The molecule has 148 valence electrons. The van der Waals surface area contributed by atoms with Gasteiger partial charge in [-0.05, 0) is 61.0 Å². The predicted octanol–water partition coefficient (Wildman–Crippen LogP) is 5.96. The lowest BCUT2D eigenvalue weighted by Gasteiger charge is -2.44. The van der Waals surface area contributed by atoms with Gasteiger partial charge in [-0.1, -0.05) is 70.5 Å². The highest BCUT2D eigenvalue weighted by Gasteiger charge is 2.59. The number of hydrogen-bond acceptors (Lipinski definition) is 2. The van der Waals surface area contributed by atoms with Crippen molar-refractivity contribution >= 4 is 22.9 Å². The lowest BCUT2D eigenvalue weighted by Crippen LogP contribution is -2.54. The van der Waals surface area contributed by atoms with Gasteiger partial charge in [-0.3, -0.25) is 0 Å². The van der Waals surface area contributed by atoms with Gasteiger partial charge >= 0.3 is 0 Å². The SMILES string of the molecule is CC1(C)[C@@H]2CC[C@@](C)(C2)[C@@H]1NCC(=S)N(c1ccccc1)C1CCCCC1. The first-order valence-electron chi connectivity index (χ1n) is 11.0. The third-order valence-corrected chi connectivity index (χ3v) is 8.31. The average Bonchev–Trinajstić information content (AvgIpc) is 3.14. The molecule has 0 aromatic heterocycles. The number of thiocarbonyl (C=S) groups is 1. The number of para-hydroxylation sites is 1. The quantitative estimate of drug-likeness (QED) is 0.631. The number of fused-ring (bicyclic) bond motifs is 2. The molecule has 0 heterocycles. The van der Waals surface area contributed by atoms with E-state index in [1.807, 2.05) is 0 Å². The maximum Gasteiger partial charge on any atom is 0.0966 e. The Labute approximate surface area is 171 Å². The van der Waals surface area contributed by atoms with Crippen molar-refractivity contribution in [3.8, 4) is 0 Å². The number of anilines is 1. The number of rotatable bonds is 5. The van der Waals surface area contributed by atoms with E-state index in [0.29, 0.717) is 22.9 Å². The van der Waals surface area contributed by atoms with Crippen LogP contribution in [0.5, 0.6) is 0 Å². The Bertz CT molecular complexity index is 659. The Morgan fingerprint density at radius 2 is 1.78 bits per heavy atom. The van der Waals surface area contributed by atoms with Gasteiger partial charge in [0.25, 0.3) is 0 Å². The van der Waals surface area contributed by atoms with Crippen molar-refractivity contribution in [2.45, 2.75) is 84.2 Å². The fraction of sp³-hybridized carbons (Fsp3) is 0.708. The molecule has 3 aliphatic rings. The van der Waals surface area contributed by atoms with Crippen LogP contribution >= 0.6 is 12.2 Å². The third-order valence-electron chi connectivity index (χ3n) is 7.97. The first-order valence-corrected chi connectivity index (χ1v) is 11.4. The number of hydrogen-bond donors (Lipinski definition) is 1. The summed E-state index contributed by atoms with van der Waals surface area (Å²) < 4.78 is 0. The van der Waals surface area contributed by atoms with Crippen LogP contribution in [-0.4, -0.2) is 23.6 Å². The first kappa shape index (κ1) is 19.4. The summed E-state index contributed by atoms with van der Waals surface area (Å²) in [6.07, 6.45) is 10.7. The van der Waals surface area contributed by atoms with Crippen LogP contribution in [0.3, 0.4) is 0 Å². The maximum absolute atomic E-state index is 6.03. The summed E-state index contributed by atoms with van der Waals surface area (Å²) in [4.78, 5) is 3.56. The van der Waals surface area contributed by atoms with Gasteiger partial charge in [0.1, 0.15) is 0 Å². The van der Waals surface area contributed by atoms with E-state index in [4.69, 9.17) is 12.2 Å². The van der Waals surface area contributed by atoms with E-state index < -0.39 is 0 Å². The molecular formula is C24H36N2S. The van der Waals surface area contributed by atoms with Crippen LogP contribution in [0.2, 0.25) is 0 Å². The van der Waals surface area contributed by atoms with Gasteiger partial charge in [0.2, 0.25) is 0 Å². The molecule has 3 fully saturated rings. The molecule has 3 aliphatic carbocycles. The Balaban J connectivity index is 1.49. The van der Waals surface area contributed by atoms with Crippen LogP contribution in [0.15, 0.2) is 30.3 Å². The zero-order valence-corrected chi connectivity index (χ0v) is 18.2. The molecule has 1 aromatic carbocycles. The largest absolute Gasteiger partial charge is 0.332 e. The van der Waals surface area contributed by atoms with Crippen molar-refractivity contribution in [1.82, 2.24) is 5.32 Å². The zero-order valence-electron chi connectivity index (χ0n) is 17.3. The minimum Gasteiger partial charge on any atom is -0.332 e. The van der Waals surface area contributed by atoms with Gasteiger partial charge in [-0.15, -0.1) is 0 Å². The Hall–Kier alpha value is -0.930. The summed E-state index contributed by atoms with van der Waals surface area (Å²) in [5.74, 6) is 0.872. The molecule has 1 aromatic rings. The maximum atomic E-state index is 6.03. The second-order valence-electron chi connectivity index (χ2n) is 10.1. The summed E-state index contributed by atoms with van der Waals surface area (Å²) in [5.41, 5.74) is 2.10. The lowest BCUT2D eigenvalue weighted by molar-refractivity contribution is 0.113. The van der Waals surface area contributed by atoms with Crippen molar-refractivity contribution < 1.29 is 0 Å². The second-order valence-corrected chi connectivity index (χ2v) is 10.6. The molecule has 2 bridgehead atoms. The van der Waals surface area contributed by atoms with E-state index in [2.05, 4.69) is 61.3 Å². The van der Waals surface area contributed by atoms with Crippen molar-refractivity contribution in [2.24, 2.45) is 16.7 Å². The molecule has 1 N–H and O–H groups in total. The van der Waals surface area contributed by atoms with E-state index >= 15 is 0 Å². The molecular weight excluding hydrogens is 348 g/mol. The monoisotopic (exact) mass is 384 g/mol. The Morgan fingerprint density at radius 1 is 1.07 bits per heavy atom. The molecule has 2 nitrogen and oxygen atoms in total. The minimum absolute atomic E-state index is 0.380. The van der Waals surface area contributed by atoms with Crippen LogP contribution in [0.1, 0.15) is 72.1 Å². The average molecular weight is 385 g/mol. The summed E-state index contributed by atoms with van der Waals surface area (Å²) in [7, 11) is 0. The van der Waals surface area contributed by atoms with Gasteiger partial charge < -0.3 is 10.2 Å². The van der Waals surface area contributed by atoms with Crippen LogP contribution < -0.4 is 10.2 Å². The van der Waals surface area contributed by atoms with E-state index in [9.17, 15) is 0 Å². The molecule has 0 spiro atoms. The van der Waals surface area contributed by atoms with Gasteiger partial charge in [-0.25, -0.2) is 0 Å². The van der Waals surface area contributed by atoms with E-state index in [1.54, 1.807) is 0 Å². The van der Waals surface area contributed by atoms with Gasteiger partial charge in [-0.2, -0.15) is 0 Å². The number of nitrogens with one attached hydrogen (secondary N) is 1. The van der Waals surface area contributed by atoms with Crippen LogP contribution in [-0.2, 0) is 0 Å². The van der Waals surface area contributed by atoms with Crippen molar-refractivity contribution in [3.63, 3.8) is 0 Å². The molecule has 3 atom stereocenters. The van der Waals surface area contributed by atoms with E-state index in [0.717, 1.165) is 17.5 Å². The van der Waals surface area contributed by atoms with E-state index in [-0.39, 0.29) is 0 Å². The standard InChI is InChI=1S/C24H36N2S/c1-23(2)18-14-15-24(3,16-18)22(23)25-17-21(27)26(19-10-6-4-7-11-19)20-12-8-5-9-13-20/h4,6-7,10-11,18,20,22,25H,5,8-9,12-17H2,1-3H3/t18-,22-,24+/m1/s1.